The molecule has 0 radical (unpaired) electrons. The molecule has 0 aliphatic carbocycles. The monoisotopic (exact) mass is 257 g/mol. The minimum Gasteiger partial charge on any atom is -0.397 e. The molecule has 0 spiro atoms. The third-order valence-electron chi connectivity index (χ3n) is 2.27. The van der Waals surface area contributed by atoms with Crippen molar-refractivity contribution in [3.63, 3.8) is 0 Å². The van der Waals surface area contributed by atoms with Gasteiger partial charge in [0.25, 0.3) is 5.91 Å². The van der Waals surface area contributed by atoms with Gasteiger partial charge in [-0.2, -0.15) is 0 Å². The van der Waals surface area contributed by atoms with Crippen LogP contribution in [-0.4, -0.2) is 29.1 Å². The highest BCUT2D eigenvalue weighted by Gasteiger charge is 2.10. The molecule has 0 bridgehead atoms. The second kappa shape index (κ2) is 7.09. The second-order valence-electron chi connectivity index (χ2n) is 3.63. The summed E-state index contributed by atoms with van der Waals surface area (Å²) in [4.78, 5) is 15.5. The molecule has 4 N–H and O–H groups in total. The fraction of sp³-hybridized carbons (Fsp3) is 0.455. The number of aliphatic hydroxyl groups is 1. The van der Waals surface area contributed by atoms with Crippen molar-refractivity contribution in [3.8, 4) is 0 Å². The van der Waals surface area contributed by atoms with Crippen molar-refractivity contribution < 1.29 is 9.90 Å². The van der Waals surface area contributed by atoms with Crippen LogP contribution in [0.2, 0.25) is 5.15 Å². The zero-order valence-corrected chi connectivity index (χ0v) is 10.2. The van der Waals surface area contributed by atoms with E-state index in [-0.39, 0.29) is 17.7 Å². The number of amides is 1. The topological polar surface area (TPSA) is 88.2 Å². The van der Waals surface area contributed by atoms with E-state index in [1.165, 1.54) is 12.3 Å². The first-order valence-electron chi connectivity index (χ1n) is 5.45. The van der Waals surface area contributed by atoms with Crippen molar-refractivity contribution in [2.75, 3.05) is 18.9 Å². The molecule has 0 saturated carbocycles. The van der Waals surface area contributed by atoms with Gasteiger partial charge in [-0.3, -0.25) is 4.79 Å². The summed E-state index contributed by atoms with van der Waals surface area (Å²) in [6.07, 6.45) is 3.82. The first kappa shape index (κ1) is 13.7. The molecule has 1 amide bonds. The van der Waals surface area contributed by atoms with Gasteiger partial charge in [0.05, 0.1) is 17.4 Å². The van der Waals surface area contributed by atoms with E-state index in [1.807, 2.05) is 0 Å². The first-order chi connectivity index (χ1) is 8.15. The predicted molar refractivity (Wildman–Crippen MR) is 66.9 cm³/mol. The molecular weight excluding hydrogens is 242 g/mol. The Morgan fingerprint density at radius 1 is 1.47 bits per heavy atom. The van der Waals surface area contributed by atoms with Crippen LogP contribution < -0.4 is 11.1 Å². The Hall–Kier alpha value is -1.33. The molecule has 1 aromatic heterocycles. The molecule has 0 aliphatic heterocycles. The van der Waals surface area contributed by atoms with Crippen molar-refractivity contribution in [3.05, 3.63) is 23.0 Å². The number of nitrogen functional groups attached to an aromatic ring is 1. The average molecular weight is 258 g/mol. The third kappa shape index (κ3) is 4.58. The lowest BCUT2D eigenvalue weighted by Gasteiger charge is -2.07. The number of nitrogens with zero attached hydrogens (tertiary/aromatic N) is 1. The van der Waals surface area contributed by atoms with E-state index >= 15 is 0 Å². The summed E-state index contributed by atoms with van der Waals surface area (Å²) in [6.45, 7) is 0.735. The van der Waals surface area contributed by atoms with Crippen LogP contribution in [0.15, 0.2) is 12.3 Å². The highest BCUT2D eigenvalue weighted by Crippen LogP contribution is 2.14. The molecule has 1 heterocycles. The quantitative estimate of drug-likeness (QED) is 0.528. The zero-order valence-electron chi connectivity index (χ0n) is 9.45. The van der Waals surface area contributed by atoms with E-state index in [1.54, 1.807) is 0 Å². The number of hydrogen-bond donors (Lipinski definition) is 3. The Bertz CT molecular complexity index is 385. The fourth-order valence-electron chi connectivity index (χ4n) is 1.35. The normalized spacial score (nSPS) is 10.2. The van der Waals surface area contributed by atoms with Gasteiger partial charge < -0.3 is 16.2 Å². The molecule has 1 rings (SSSR count). The molecule has 17 heavy (non-hydrogen) atoms. The van der Waals surface area contributed by atoms with Crippen LogP contribution >= 0.6 is 11.6 Å². The minimum absolute atomic E-state index is 0.181. The zero-order chi connectivity index (χ0) is 12.7. The summed E-state index contributed by atoms with van der Waals surface area (Å²) in [5.41, 5.74) is 6.27. The third-order valence-corrected chi connectivity index (χ3v) is 2.47. The standard InChI is InChI=1S/C11H16ClN3O2/c12-10-6-8(9(13)7-15-10)11(17)14-4-2-1-3-5-16/h6-7,16H,1-5,13H2,(H,14,17). The Kier molecular flexibility index (Phi) is 5.72. The van der Waals surface area contributed by atoms with Crippen LogP contribution in [0.1, 0.15) is 29.6 Å². The van der Waals surface area contributed by atoms with Crippen molar-refractivity contribution in [1.82, 2.24) is 10.3 Å². The summed E-state index contributed by atoms with van der Waals surface area (Å²) >= 11 is 5.69. The Morgan fingerprint density at radius 3 is 2.94 bits per heavy atom. The van der Waals surface area contributed by atoms with Crippen molar-refractivity contribution in [1.29, 1.82) is 0 Å². The number of hydrogen-bond acceptors (Lipinski definition) is 4. The summed E-state index contributed by atoms with van der Waals surface area (Å²) in [5, 5.41) is 11.6. The van der Waals surface area contributed by atoms with Gasteiger partial charge in [0.1, 0.15) is 5.15 Å². The van der Waals surface area contributed by atoms with E-state index in [9.17, 15) is 4.79 Å². The molecule has 94 valence electrons. The molecule has 0 aliphatic rings. The predicted octanol–water partition coefficient (Wildman–Crippen LogP) is 1.21. The van der Waals surface area contributed by atoms with Crippen molar-refractivity contribution >= 4 is 23.2 Å². The Balaban J connectivity index is 2.44. The molecule has 0 unspecified atom stereocenters. The maximum atomic E-state index is 11.7. The fourth-order valence-corrected chi connectivity index (χ4v) is 1.51. The molecular formula is C11H16ClN3O2. The van der Waals surface area contributed by atoms with E-state index < -0.39 is 0 Å². The van der Waals surface area contributed by atoms with E-state index in [2.05, 4.69) is 10.3 Å². The lowest BCUT2D eigenvalue weighted by atomic mass is 10.2. The number of carbonyl (C=O) groups is 1. The van der Waals surface area contributed by atoms with Gasteiger partial charge in [-0.05, 0) is 25.3 Å². The van der Waals surface area contributed by atoms with Gasteiger partial charge in [0, 0.05) is 13.2 Å². The average Bonchev–Trinajstić information content (AvgIpc) is 2.32. The summed E-state index contributed by atoms with van der Waals surface area (Å²) in [7, 11) is 0. The van der Waals surface area contributed by atoms with Crippen molar-refractivity contribution in [2.45, 2.75) is 19.3 Å². The Morgan fingerprint density at radius 2 is 2.24 bits per heavy atom. The van der Waals surface area contributed by atoms with Crippen molar-refractivity contribution in [2.24, 2.45) is 0 Å². The molecule has 0 fully saturated rings. The van der Waals surface area contributed by atoms with Crippen LogP contribution in [0.5, 0.6) is 0 Å². The van der Waals surface area contributed by atoms with Gasteiger partial charge in [-0.1, -0.05) is 11.6 Å². The lowest BCUT2D eigenvalue weighted by Crippen LogP contribution is -2.25. The number of carbonyl (C=O) groups excluding carboxylic acids is 1. The van der Waals surface area contributed by atoms with Crippen LogP contribution in [0.3, 0.4) is 0 Å². The van der Waals surface area contributed by atoms with E-state index in [4.69, 9.17) is 22.4 Å². The number of nitrogens with two attached hydrogens (primary N) is 1. The smallest absolute Gasteiger partial charge is 0.253 e. The van der Waals surface area contributed by atoms with Gasteiger partial charge in [-0.15, -0.1) is 0 Å². The largest absolute Gasteiger partial charge is 0.397 e. The summed E-state index contributed by atoms with van der Waals surface area (Å²) in [6, 6.07) is 1.44. The number of pyridine rings is 1. The summed E-state index contributed by atoms with van der Waals surface area (Å²) in [5.74, 6) is -0.254. The number of aliphatic hydroxyl groups excluding tert-OH is 1. The number of aromatic nitrogens is 1. The highest BCUT2D eigenvalue weighted by atomic mass is 35.5. The van der Waals surface area contributed by atoms with Gasteiger partial charge >= 0.3 is 0 Å². The second-order valence-corrected chi connectivity index (χ2v) is 4.02. The maximum absolute atomic E-state index is 11.7. The van der Waals surface area contributed by atoms with Gasteiger partial charge in [0.15, 0.2) is 0 Å². The lowest BCUT2D eigenvalue weighted by molar-refractivity contribution is 0.0953. The van der Waals surface area contributed by atoms with Gasteiger partial charge in [0.2, 0.25) is 0 Å². The van der Waals surface area contributed by atoms with E-state index in [0.29, 0.717) is 17.8 Å². The number of halogens is 1. The maximum Gasteiger partial charge on any atom is 0.253 e. The summed E-state index contributed by atoms with van der Waals surface area (Å²) < 4.78 is 0. The SMILES string of the molecule is Nc1cnc(Cl)cc1C(=O)NCCCCCO. The minimum atomic E-state index is -0.254. The molecule has 0 saturated heterocycles. The molecule has 1 aromatic rings. The molecule has 5 nitrogen and oxygen atoms in total. The molecule has 6 heteroatoms. The molecule has 0 aromatic carbocycles. The van der Waals surface area contributed by atoms with Crippen LogP contribution in [-0.2, 0) is 0 Å². The number of anilines is 1. The first-order valence-corrected chi connectivity index (χ1v) is 5.83. The molecule has 0 atom stereocenters. The van der Waals surface area contributed by atoms with Crippen LogP contribution in [0.4, 0.5) is 5.69 Å². The Labute approximate surface area is 105 Å². The van der Waals surface area contributed by atoms with E-state index in [0.717, 1.165) is 19.3 Å². The van der Waals surface area contributed by atoms with Crippen LogP contribution in [0.25, 0.3) is 0 Å². The highest BCUT2D eigenvalue weighted by molar-refractivity contribution is 6.29. The number of unbranched alkanes of at least 4 members (excludes halogenated alkanes) is 2. The van der Waals surface area contributed by atoms with Gasteiger partial charge in [-0.25, -0.2) is 4.98 Å². The van der Waals surface area contributed by atoms with Crippen LogP contribution in [0, 0.1) is 0 Å². The number of rotatable bonds is 6. The number of nitrogens with one attached hydrogen (secondary N) is 1.